The maximum Gasteiger partial charge on any atom is 0.211 e. The Morgan fingerprint density at radius 1 is 0.882 bits per heavy atom. The van der Waals surface area contributed by atoms with Crippen molar-refractivity contribution in [2.75, 3.05) is 0 Å². The summed E-state index contributed by atoms with van der Waals surface area (Å²) in [6, 6.07) is 6.22. The van der Waals surface area contributed by atoms with Crippen molar-refractivity contribution in [3.8, 4) is 0 Å². The third-order valence-corrected chi connectivity index (χ3v) is 4.04. The lowest BCUT2D eigenvalue weighted by Crippen LogP contribution is -2.34. The molecule has 2 heteroatoms. The van der Waals surface area contributed by atoms with Crippen molar-refractivity contribution < 1.29 is 4.57 Å². The van der Waals surface area contributed by atoms with Crippen LogP contribution in [0.3, 0.4) is 0 Å². The standard InChI is InChI=1S/C15H25BrN/c1-2-3-4-5-6-7-9-12-15(16)17-13-10-8-11-14-17/h8,10-11,13-15H,2-7,9,12H2,1H3/q+1. The molecule has 0 aliphatic carbocycles. The molecule has 1 aromatic heterocycles. The van der Waals surface area contributed by atoms with Crippen molar-refractivity contribution in [2.45, 2.75) is 63.2 Å². The van der Waals surface area contributed by atoms with Gasteiger partial charge in [-0.3, -0.25) is 0 Å². The van der Waals surface area contributed by atoms with Crippen molar-refractivity contribution in [3.63, 3.8) is 0 Å². The molecule has 0 fully saturated rings. The number of hydrogen-bond acceptors (Lipinski definition) is 0. The predicted octanol–water partition coefficient (Wildman–Crippen LogP) is 5.01. The van der Waals surface area contributed by atoms with Crippen LogP contribution in [0, 0.1) is 0 Å². The minimum atomic E-state index is 0.458. The molecule has 1 atom stereocenters. The summed E-state index contributed by atoms with van der Waals surface area (Å²) >= 11 is 3.74. The van der Waals surface area contributed by atoms with Crippen molar-refractivity contribution in [1.29, 1.82) is 0 Å². The second kappa shape index (κ2) is 9.64. The molecule has 0 saturated heterocycles. The average molecular weight is 299 g/mol. The van der Waals surface area contributed by atoms with Crippen molar-refractivity contribution >= 4 is 15.9 Å². The fraction of sp³-hybridized carbons (Fsp3) is 0.667. The highest BCUT2D eigenvalue weighted by atomic mass is 79.9. The fourth-order valence-corrected chi connectivity index (χ4v) is 2.61. The van der Waals surface area contributed by atoms with Crippen LogP contribution >= 0.6 is 15.9 Å². The van der Waals surface area contributed by atoms with Gasteiger partial charge in [-0.05, 0) is 22.4 Å². The Morgan fingerprint density at radius 2 is 1.47 bits per heavy atom. The summed E-state index contributed by atoms with van der Waals surface area (Å²) in [7, 11) is 0. The van der Waals surface area contributed by atoms with Gasteiger partial charge in [0.1, 0.15) is 0 Å². The Kier molecular flexibility index (Phi) is 8.33. The molecule has 0 aliphatic heterocycles. The van der Waals surface area contributed by atoms with E-state index in [0.717, 1.165) is 0 Å². The van der Waals surface area contributed by atoms with Gasteiger partial charge in [0.25, 0.3) is 0 Å². The predicted molar refractivity (Wildman–Crippen MR) is 77.2 cm³/mol. The molecular weight excluding hydrogens is 274 g/mol. The molecule has 0 radical (unpaired) electrons. The van der Waals surface area contributed by atoms with Gasteiger partial charge in [0, 0.05) is 18.6 Å². The van der Waals surface area contributed by atoms with E-state index in [1.54, 1.807) is 0 Å². The van der Waals surface area contributed by atoms with Crippen LogP contribution in [0.15, 0.2) is 30.6 Å². The molecule has 96 valence electrons. The lowest BCUT2D eigenvalue weighted by atomic mass is 10.1. The van der Waals surface area contributed by atoms with E-state index in [-0.39, 0.29) is 0 Å². The summed E-state index contributed by atoms with van der Waals surface area (Å²) in [5, 5.41) is 0. The largest absolute Gasteiger partial charge is 0.211 e. The maximum atomic E-state index is 3.74. The van der Waals surface area contributed by atoms with Crippen molar-refractivity contribution in [2.24, 2.45) is 0 Å². The summed E-state index contributed by atoms with van der Waals surface area (Å²) in [5.41, 5.74) is 0. The topological polar surface area (TPSA) is 3.88 Å². The minimum absolute atomic E-state index is 0.458. The zero-order valence-corrected chi connectivity index (χ0v) is 12.5. The first-order chi connectivity index (χ1) is 8.34. The molecule has 0 bridgehead atoms. The molecule has 0 amide bonds. The highest BCUT2D eigenvalue weighted by Crippen LogP contribution is 2.17. The van der Waals surface area contributed by atoms with Crippen LogP contribution in [-0.4, -0.2) is 0 Å². The Hall–Kier alpha value is -0.370. The number of hydrogen-bond donors (Lipinski definition) is 0. The monoisotopic (exact) mass is 298 g/mol. The normalized spacial score (nSPS) is 12.6. The van der Waals surface area contributed by atoms with Gasteiger partial charge in [-0.25, -0.2) is 0 Å². The van der Waals surface area contributed by atoms with E-state index in [4.69, 9.17) is 0 Å². The highest BCUT2D eigenvalue weighted by Gasteiger charge is 2.11. The lowest BCUT2D eigenvalue weighted by Gasteiger charge is -2.05. The van der Waals surface area contributed by atoms with Crippen LogP contribution < -0.4 is 4.57 Å². The van der Waals surface area contributed by atoms with Gasteiger partial charge in [-0.2, -0.15) is 4.57 Å². The zero-order valence-electron chi connectivity index (χ0n) is 10.9. The van der Waals surface area contributed by atoms with E-state index in [0.29, 0.717) is 4.95 Å². The molecule has 17 heavy (non-hydrogen) atoms. The van der Waals surface area contributed by atoms with Crippen LogP contribution in [0.4, 0.5) is 0 Å². The number of rotatable bonds is 9. The van der Waals surface area contributed by atoms with Gasteiger partial charge in [0.15, 0.2) is 12.4 Å². The lowest BCUT2D eigenvalue weighted by molar-refractivity contribution is -0.698. The van der Waals surface area contributed by atoms with Gasteiger partial charge >= 0.3 is 0 Å². The summed E-state index contributed by atoms with van der Waals surface area (Å²) in [6.45, 7) is 2.27. The number of aromatic nitrogens is 1. The van der Waals surface area contributed by atoms with E-state index in [1.807, 2.05) is 0 Å². The Labute approximate surface area is 114 Å². The Morgan fingerprint density at radius 3 is 2.12 bits per heavy atom. The third kappa shape index (κ3) is 6.82. The average Bonchev–Trinajstić information content (AvgIpc) is 2.38. The fourth-order valence-electron chi connectivity index (χ4n) is 2.02. The molecule has 0 aliphatic rings. The van der Waals surface area contributed by atoms with Gasteiger partial charge in [0.05, 0.1) is 0 Å². The molecule has 0 spiro atoms. The van der Waals surface area contributed by atoms with Gasteiger partial charge < -0.3 is 0 Å². The van der Waals surface area contributed by atoms with Gasteiger partial charge in [-0.15, -0.1) is 0 Å². The quantitative estimate of drug-likeness (QED) is 0.343. The summed E-state index contributed by atoms with van der Waals surface area (Å²) in [6.07, 6.45) is 15.2. The SMILES string of the molecule is CCCCCCCCCC(Br)[n+]1ccccc1. The van der Waals surface area contributed by atoms with E-state index in [9.17, 15) is 0 Å². The van der Waals surface area contributed by atoms with E-state index in [2.05, 4.69) is 58.0 Å². The first kappa shape index (κ1) is 14.7. The number of alkyl halides is 1. The molecule has 1 nitrogen and oxygen atoms in total. The van der Waals surface area contributed by atoms with E-state index < -0.39 is 0 Å². The Bertz CT molecular complexity index is 274. The number of pyridine rings is 1. The van der Waals surface area contributed by atoms with Gasteiger partial charge in [-0.1, -0.05) is 51.5 Å². The summed E-state index contributed by atoms with van der Waals surface area (Å²) < 4.78 is 2.23. The van der Waals surface area contributed by atoms with E-state index >= 15 is 0 Å². The number of halogens is 1. The summed E-state index contributed by atoms with van der Waals surface area (Å²) in [5.74, 6) is 0. The van der Waals surface area contributed by atoms with Crippen molar-refractivity contribution in [1.82, 2.24) is 0 Å². The molecule has 0 N–H and O–H groups in total. The Balaban J connectivity index is 2.03. The van der Waals surface area contributed by atoms with E-state index in [1.165, 1.54) is 51.4 Å². The number of unbranched alkanes of at least 4 members (excludes halogenated alkanes) is 6. The molecular formula is C15H25BrN+. The maximum absolute atomic E-state index is 3.74. The molecule has 1 unspecified atom stereocenters. The first-order valence-corrected chi connectivity index (χ1v) is 7.86. The minimum Gasteiger partial charge on any atom is -0.192 e. The second-order valence-corrected chi connectivity index (χ2v) is 5.72. The number of nitrogens with zero attached hydrogens (tertiary/aromatic N) is 1. The van der Waals surface area contributed by atoms with Crippen molar-refractivity contribution in [3.05, 3.63) is 30.6 Å². The van der Waals surface area contributed by atoms with Crippen LogP contribution in [0.1, 0.15) is 63.2 Å². The molecule has 0 saturated carbocycles. The first-order valence-electron chi connectivity index (χ1n) is 6.94. The summed E-state index contributed by atoms with van der Waals surface area (Å²) in [4.78, 5) is 0.458. The third-order valence-electron chi connectivity index (χ3n) is 3.11. The zero-order chi connectivity index (χ0) is 12.3. The smallest absolute Gasteiger partial charge is 0.192 e. The molecule has 0 aromatic carbocycles. The molecule has 1 aromatic rings. The second-order valence-electron chi connectivity index (χ2n) is 4.67. The van der Waals surface area contributed by atoms with Gasteiger partial charge in [0.2, 0.25) is 4.95 Å². The molecule has 1 rings (SSSR count). The van der Waals surface area contributed by atoms with Crippen LogP contribution in [-0.2, 0) is 0 Å². The van der Waals surface area contributed by atoms with Crippen LogP contribution in [0.25, 0.3) is 0 Å². The highest BCUT2D eigenvalue weighted by molar-refractivity contribution is 9.09. The van der Waals surface area contributed by atoms with Crippen LogP contribution in [0.2, 0.25) is 0 Å². The van der Waals surface area contributed by atoms with Crippen LogP contribution in [0.5, 0.6) is 0 Å². The molecule has 1 heterocycles.